The van der Waals surface area contributed by atoms with Gasteiger partial charge >= 0.3 is 0 Å². The van der Waals surface area contributed by atoms with Crippen LogP contribution in [0.4, 0.5) is 0 Å². The van der Waals surface area contributed by atoms with Crippen molar-refractivity contribution in [2.24, 2.45) is 5.73 Å². The van der Waals surface area contributed by atoms with Crippen LogP contribution >= 0.6 is 0 Å². The predicted molar refractivity (Wildman–Crippen MR) is 71.4 cm³/mol. The van der Waals surface area contributed by atoms with Gasteiger partial charge in [-0.3, -0.25) is 0 Å². The number of nitrogens with two attached hydrogens (primary N) is 1. The Kier molecular flexibility index (Phi) is 3.35. The fourth-order valence-corrected chi connectivity index (χ4v) is 2.56. The summed E-state index contributed by atoms with van der Waals surface area (Å²) in [5.74, 6) is 0.884. The first-order valence-electron chi connectivity index (χ1n) is 6.68. The van der Waals surface area contributed by atoms with E-state index in [1.807, 2.05) is 18.2 Å². The minimum atomic E-state index is -0.0263. The van der Waals surface area contributed by atoms with Gasteiger partial charge in [0.25, 0.3) is 0 Å². The monoisotopic (exact) mass is 245 g/mol. The Morgan fingerprint density at radius 3 is 3.00 bits per heavy atom. The Hall–Kier alpha value is -1.32. The molecule has 0 aliphatic carbocycles. The van der Waals surface area contributed by atoms with Crippen LogP contribution in [0.3, 0.4) is 0 Å². The van der Waals surface area contributed by atoms with Gasteiger partial charge in [-0.05, 0) is 37.8 Å². The average Bonchev–Trinajstić information content (AvgIpc) is 3.04. The van der Waals surface area contributed by atoms with Gasteiger partial charge in [0.2, 0.25) is 0 Å². The van der Waals surface area contributed by atoms with Crippen molar-refractivity contribution in [1.29, 1.82) is 0 Å². The van der Waals surface area contributed by atoms with Crippen LogP contribution < -0.4 is 5.73 Å². The molecule has 2 N–H and O–H groups in total. The maximum absolute atomic E-state index is 6.19. The van der Waals surface area contributed by atoms with Crippen molar-refractivity contribution in [3.05, 3.63) is 36.1 Å². The smallest absolute Gasteiger partial charge is 0.134 e. The van der Waals surface area contributed by atoms with Crippen molar-refractivity contribution < 1.29 is 9.15 Å². The fourth-order valence-electron chi connectivity index (χ4n) is 2.56. The summed E-state index contributed by atoms with van der Waals surface area (Å²) in [4.78, 5) is 0. The molecule has 2 atom stereocenters. The summed E-state index contributed by atoms with van der Waals surface area (Å²) >= 11 is 0. The molecular formula is C15H19NO2. The van der Waals surface area contributed by atoms with Crippen LogP contribution in [0, 0.1) is 0 Å². The van der Waals surface area contributed by atoms with Gasteiger partial charge in [-0.2, -0.15) is 0 Å². The van der Waals surface area contributed by atoms with Crippen molar-refractivity contribution in [3.63, 3.8) is 0 Å². The van der Waals surface area contributed by atoms with Gasteiger partial charge in [0.1, 0.15) is 11.3 Å². The first-order valence-corrected chi connectivity index (χ1v) is 6.68. The molecule has 0 spiro atoms. The second-order valence-electron chi connectivity index (χ2n) is 5.01. The molecule has 0 amide bonds. The summed E-state index contributed by atoms with van der Waals surface area (Å²) in [5, 5.41) is 1.13. The van der Waals surface area contributed by atoms with Gasteiger partial charge in [0.15, 0.2) is 0 Å². The lowest BCUT2D eigenvalue weighted by Gasteiger charge is -2.12. The van der Waals surface area contributed by atoms with Gasteiger partial charge in [0.05, 0.1) is 12.1 Å². The lowest BCUT2D eigenvalue weighted by Crippen LogP contribution is -2.13. The van der Waals surface area contributed by atoms with E-state index in [-0.39, 0.29) is 6.04 Å². The van der Waals surface area contributed by atoms with Crippen molar-refractivity contribution in [2.45, 2.75) is 37.8 Å². The predicted octanol–water partition coefficient (Wildman–Crippen LogP) is 3.39. The molecule has 0 bridgehead atoms. The number of hydrogen-bond acceptors (Lipinski definition) is 3. The van der Waals surface area contributed by atoms with Crippen LogP contribution in [-0.2, 0) is 4.74 Å². The molecule has 18 heavy (non-hydrogen) atoms. The Morgan fingerprint density at radius 2 is 2.22 bits per heavy atom. The highest BCUT2D eigenvalue weighted by Crippen LogP contribution is 2.27. The van der Waals surface area contributed by atoms with Gasteiger partial charge in [-0.1, -0.05) is 18.2 Å². The van der Waals surface area contributed by atoms with E-state index in [2.05, 4.69) is 12.1 Å². The zero-order valence-electron chi connectivity index (χ0n) is 10.5. The Bertz CT molecular complexity index is 481. The quantitative estimate of drug-likeness (QED) is 0.898. The Balaban J connectivity index is 1.65. The number of fused-ring (bicyclic) bond motifs is 1. The largest absolute Gasteiger partial charge is 0.459 e. The number of benzene rings is 1. The number of hydrogen-bond donors (Lipinski definition) is 1. The van der Waals surface area contributed by atoms with E-state index in [4.69, 9.17) is 14.9 Å². The maximum atomic E-state index is 6.19. The molecule has 0 radical (unpaired) electrons. The Labute approximate surface area is 107 Å². The highest BCUT2D eigenvalue weighted by Gasteiger charge is 2.18. The van der Waals surface area contributed by atoms with Crippen molar-refractivity contribution in [1.82, 2.24) is 0 Å². The minimum absolute atomic E-state index is 0.0263. The first kappa shape index (κ1) is 11.8. The molecule has 1 aliphatic heterocycles. The average molecular weight is 245 g/mol. The van der Waals surface area contributed by atoms with E-state index < -0.39 is 0 Å². The van der Waals surface area contributed by atoms with Gasteiger partial charge in [-0.25, -0.2) is 0 Å². The van der Waals surface area contributed by atoms with Crippen LogP contribution in [0.1, 0.15) is 37.5 Å². The van der Waals surface area contributed by atoms with Crippen LogP contribution in [0.25, 0.3) is 11.0 Å². The number of para-hydroxylation sites is 1. The molecule has 3 rings (SSSR count). The van der Waals surface area contributed by atoms with Crippen LogP contribution in [0.15, 0.2) is 34.7 Å². The van der Waals surface area contributed by atoms with E-state index in [0.29, 0.717) is 6.10 Å². The van der Waals surface area contributed by atoms with Gasteiger partial charge in [-0.15, -0.1) is 0 Å². The second kappa shape index (κ2) is 5.12. The molecule has 1 aliphatic rings. The molecule has 1 saturated heterocycles. The van der Waals surface area contributed by atoms with Gasteiger partial charge < -0.3 is 14.9 Å². The van der Waals surface area contributed by atoms with E-state index in [1.54, 1.807) is 0 Å². The van der Waals surface area contributed by atoms with E-state index in [9.17, 15) is 0 Å². The zero-order valence-corrected chi connectivity index (χ0v) is 10.5. The lowest BCUT2D eigenvalue weighted by molar-refractivity contribution is 0.100. The summed E-state index contributed by atoms with van der Waals surface area (Å²) in [6.07, 6.45) is 4.71. The molecule has 3 heteroatoms. The van der Waals surface area contributed by atoms with E-state index in [0.717, 1.165) is 36.2 Å². The molecule has 1 aromatic heterocycles. The zero-order chi connectivity index (χ0) is 12.4. The standard InChI is InChI=1S/C15H19NO2/c16-13(8-7-12-5-3-9-17-12)15-10-11-4-1-2-6-14(11)18-15/h1-2,4,6,10,12-13H,3,5,7-9,16H2. The number of furan rings is 1. The van der Waals surface area contributed by atoms with Crippen molar-refractivity contribution in [2.75, 3.05) is 6.61 Å². The summed E-state index contributed by atoms with van der Waals surface area (Å²) in [7, 11) is 0. The molecule has 0 saturated carbocycles. The summed E-state index contributed by atoms with van der Waals surface area (Å²) in [6, 6.07) is 10.0. The molecule has 96 valence electrons. The fraction of sp³-hybridized carbons (Fsp3) is 0.467. The number of rotatable bonds is 4. The van der Waals surface area contributed by atoms with E-state index in [1.165, 1.54) is 12.8 Å². The normalized spacial score (nSPS) is 21.5. The molecule has 1 fully saturated rings. The lowest BCUT2D eigenvalue weighted by atomic mass is 10.0. The highest BCUT2D eigenvalue weighted by atomic mass is 16.5. The highest BCUT2D eigenvalue weighted by molar-refractivity contribution is 5.77. The Morgan fingerprint density at radius 1 is 1.33 bits per heavy atom. The third-order valence-electron chi connectivity index (χ3n) is 3.63. The third kappa shape index (κ3) is 2.42. The maximum Gasteiger partial charge on any atom is 0.134 e. The molecule has 2 unspecified atom stereocenters. The topological polar surface area (TPSA) is 48.4 Å². The number of ether oxygens (including phenoxy) is 1. The third-order valence-corrected chi connectivity index (χ3v) is 3.63. The molecular weight excluding hydrogens is 226 g/mol. The molecule has 2 heterocycles. The SMILES string of the molecule is NC(CCC1CCCO1)c1cc2ccccc2o1. The van der Waals surface area contributed by atoms with Crippen LogP contribution in [0.5, 0.6) is 0 Å². The van der Waals surface area contributed by atoms with Crippen LogP contribution in [-0.4, -0.2) is 12.7 Å². The minimum Gasteiger partial charge on any atom is -0.459 e. The molecule has 3 nitrogen and oxygen atoms in total. The summed E-state index contributed by atoms with van der Waals surface area (Å²) < 4.78 is 11.4. The summed E-state index contributed by atoms with van der Waals surface area (Å²) in [6.45, 7) is 0.907. The molecule has 1 aromatic carbocycles. The van der Waals surface area contributed by atoms with Crippen molar-refractivity contribution >= 4 is 11.0 Å². The van der Waals surface area contributed by atoms with E-state index >= 15 is 0 Å². The van der Waals surface area contributed by atoms with Crippen molar-refractivity contribution in [3.8, 4) is 0 Å². The van der Waals surface area contributed by atoms with Crippen LogP contribution in [0.2, 0.25) is 0 Å². The second-order valence-corrected chi connectivity index (χ2v) is 5.01. The molecule has 2 aromatic rings. The first-order chi connectivity index (χ1) is 8.83. The summed E-state index contributed by atoms with van der Waals surface area (Å²) in [5.41, 5.74) is 7.10. The van der Waals surface area contributed by atoms with Gasteiger partial charge in [0, 0.05) is 12.0 Å².